The first-order valence-corrected chi connectivity index (χ1v) is 5.67. The zero-order valence-electron chi connectivity index (χ0n) is 8.26. The van der Waals surface area contributed by atoms with Crippen LogP contribution in [-0.2, 0) is 0 Å². The highest BCUT2D eigenvalue weighted by atomic mass is 79.9. The minimum atomic E-state index is -0.413. The second kappa shape index (κ2) is 5.37. The van der Waals surface area contributed by atoms with E-state index in [1.54, 1.807) is 12.1 Å². The van der Waals surface area contributed by atoms with E-state index < -0.39 is 6.10 Å². The zero-order chi connectivity index (χ0) is 11.4. The Labute approximate surface area is 102 Å². The Kier molecular flexibility index (Phi) is 4.42. The lowest BCUT2D eigenvalue weighted by Crippen LogP contribution is -2.32. The van der Waals surface area contributed by atoms with Gasteiger partial charge in [-0.1, -0.05) is 34.5 Å². The third-order valence-corrected chi connectivity index (χ3v) is 2.67. The Morgan fingerprint density at radius 3 is 2.80 bits per heavy atom. The Hall–Kier alpha value is -0.740. The molecule has 0 bridgehead atoms. The topological polar surface area (TPSA) is 59.1 Å². The maximum atomic E-state index is 7.31. The van der Waals surface area contributed by atoms with Crippen molar-refractivity contribution in [2.75, 3.05) is 0 Å². The van der Waals surface area contributed by atoms with Crippen LogP contribution in [0.25, 0.3) is 0 Å². The smallest absolute Gasteiger partial charge is 0.155 e. The molecule has 3 nitrogen and oxygen atoms in total. The van der Waals surface area contributed by atoms with Gasteiger partial charge in [0.05, 0.1) is 5.02 Å². The number of nitrogens with two attached hydrogens (primary N) is 1. The van der Waals surface area contributed by atoms with Crippen molar-refractivity contribution in [3.05, 3.63) is 27.7 Å². The van der Waals surface area contributed by atoms with Crippen LogP contribution >= 0.6 is 27.5 Å². The van der Waals surface area contributed by atoms with Crippen molar-refractivity contribution >= 4 is 33.4 Å². The first kappa shape index (κ1) is 12.3. The molecule has 82 valence electrons. The summed E-state index contributed by atoms with van der Waals surface area (Å²) >= 11 is 9.27. The summed E-state index contributed by atoms with van der Waals surface area (Å²) in [4.78, 5) is 0. The third-order valence-electron chi connectivity index (χ3n) is 1.88. The largest absolute Gasteiger partial charge is 0.481 e. The van der Waals surface area contributed by atoms with Gasteiger partial charge in [-0.05, 0) is 24.6 Å². The SMILES string of the molecule is CCC(Oc1ccc(Br)cc1Cl)C(=N)N. The number of ether oxygens (including phenoxy) is 1. The van der Waals surface area contributed by atoms with Crippen molar-refractivity contribution in [3.63, 3.8) is 0 Å². The highest BCUT2D eigenvalue weighted by Gasteiger charge is 2.13. The summed E-state index contributed by atoms with van der Waals surface area (Å²) in [5, 5.41) is 7.82. The summed E-state index contributed by atoms with van der Waals surface area (Å²) in [5.74, 6) is 0.554. The van der Waals surface area contributed by atoms with Crippen molar-refractivity contribution < 1.29 is 4.74 Å². The predicted octanol–water partition coefficient (Wildman–Crippen LogP) is 3.20. The van der Waals surface area contributed by atoms with Crippen molar-refractivity contribution in [1.29, 1.82) is 5.41 Å². The fraction of sp³-hybridized carbons (Fsp3) is 0.300. The molecular weight excluding hydrogens is 279 g/mol. The normalized spacial score (nSPS) is 12.2. The van der Waals surface area contributed by atoms with Crippen LogP contribution in [0.5, 0.6) is 5.75 Å². The highest BCUT2D eigenvalue weighted by Crippen LogP contribution is 2.28. The Morgan fingerprint density at radius 2 is 2.33 bits per heavy atom. The standard InChI is InChI=1S/C10H12BrClN2O/c1-2-8(10(13)14)15-9-4-3-6(11)5-7(9)12/h3-5,8H,2H2,1H3,(H3,13,14). The van der Waals surface area contributed by atoms with E-state index in [9.17, 15) is 0 Å². The molecule has 0 heterocycles. The molecular formula is C10H12BrClN2O. The molecule has 3 N–H and O–H groups in total. The van der Waals surface area contributed by atoms with Gasteiger partial charge in [0.25, 0.3) is 0 Å². The van der Waals surface area contributed by atoms with E-state index in [1.165, 1.54) is 0 Å². The van der Waals surface area contributed by atoms with Gasteiger partial charge in [0.15, 0.2) is 6.10 Å². The van der Waals surface area contributed by atoms with Crippen molar-refractivity contribution in [1.82, 2.24) is 0 Å². The summed E-state index contributed by atoms with van der Waals surface area (Å²) in [6, 6.07) is 5.32. The molecule has 1 aromatic carbocycles. The van der Waals surface area contributed by atoms with Crippen LogP contribution < -0.4 is 10.5 Å². The number of amidine groups is 1. The number of hydrogen-bond acceptors (Lipinski definition) is 2. The summed E-state index contributed by atoms with van der Waals surface area (Å²) < 4.78 is 6.39. The summed E-state index contributed by atoms with van der Waals surface area (Å²) in [5.41, 5.74) is 5.38. The number of benzene rings is 1. The van der Waals surface area contributed by atoms with Crippen molar-refractivity contribution in [2.45, 2.75) is 19.4 Å². The van der Waals surface area contributed by atoms with E-state index in [0.29, 0.717) is 17.2 Å². The maximum Gasteiger partial charge on any atom is 0.155 e. The monoisotopic (exact) mass is 290 g/mol. The summed E-state index contributed by atoms with van der Waals surface area (Å²) in [7, 11) is 0. The van der Waals surface area contributed by atoms with Gasteiger partial charge in [0.1, 0.15) is 11.6 Å². The average molecular weight is 292 g/mol. The van der Waals surface area contributed by atoms with Gasteiger partial charge < -0.3 is 10.5 Å². The van der Waals surface area contributed by atoms with E-state index >= 15 is 0 Å². The molecule has 0 saturated carbocycles. The molecule has 1 unspecified atom stereocenters. The lowest BCUT2D eigenvalue weighted by Gasteiger charge is -2.16. The van der Waals surface area contributed by atoms with Crippen molar-refractivity contribution in [3.8, 4) is 5.75 Å². The molecule has 1 atom stereocenters. The van der Waals surface area contributed by atoms with Crippen LogP contribution in [0.4, 0.5) is 0 Å². The Bertz CT molecular complexity index is 370. The predicted molar refractivity (Wildman–Crippen MR) is 65.8 cm³/mol. The van der Waals surface area contributed by atoms with Gasteiger partial charge in [0.2, 0.25) is 0 Å². The minimum absolute atomic E-state index is 0.0106. The molecule has 0 spiro atoms. The number of hydrogen-bond donors (Lipinski definition) is 2. The number of nitrogens with one attached hydrogen (secondary N) is 1. The second-order valence-corrected chi connectivity index (χ2v) is 4.37. The second-order valence-electron chi connectivity index (χ2n) is 3.04. The van der Waals surface area contributed by atoms with Gasteiger partial charge in [-0.25, -0.2) is 0 Å². The van der Waals surface area contributed by atoms with Gasteiger partial charge in [-0.15, -0.1) is 0 Å². The molecule has 15 heavy (non-hydrogen) atoms. The Balaban J connectivity index is 2.84. The lowest BCUT2D eigenvalue weighted by atomic mass is 10.2. The highest BCUT2D eigenvalue weighted by molar-refractivity contribution is 9.10. The molecule has 5 heteroatoms. The van der Waals surface area contributed by atoms with Crippen molar-refractivity contribution in [2.24, 2.45) is 5.73 Å². The van der Waals surface area contributed by atoms with Gasteiger partial charge in [-0.3, -0.25) is 5.41 Å². The fourth-order valence-corrected chi connectivity index (χ4v) is 1.81. The molecule has 0 aliphatic rings. The van der Waals surface area contributed by atoms with Crippen LogP contribution in [0.1, 0.15) is 13.3 Å². The van der Waals surface area contributed by atoms with E-state index in [4.69, 9.17) is 27.5 Å². The number of halogens is 2. The van der Waals surface area contributed by atoms with Crippen LogP contribution in [-0.4, -0.2) is 11.9 Å². The zero-order valence-corrected chi connectivity index (χ0v) is 10.6. The quantitative estimate of drug-likeness (QED) is 0.661. The molecule has 1 rings (SSSR count). The third kappa shape index (κ3) is 3.39. The maximum absolute atomic E-state index is 7.31. The van der Waals surface area contributed by atoms with E-state index in [0.717, 1.165) is 4.47 Å². The Morgan fingerprint density at radius 1 is 1.67 bits per heavy atom. The molecule has 1 aromatic rings. The first-order valence-electron chi connectivity index (χ1n) is 4.50. The van der Waals surface area contributed by atoms with Gasteiger partial charge in [0, 0.05) is 4.47 Å². The van der Waals surface area contributed by atoms with Crippen LogP contribution in [0.2, 0.25) is 5.02 Å². The minimum Gasteiger partial charge on any atom is -0.481 e. The molecule has 0 aliphatic heterocycles. The molecule has 0 radical (unpaired) electrons. The van der Waals surface area contributed by atoms with E-state index in [1.807, 2.05) is 13.0 Å². The molecule has 0 aliphatic carbocycles. The van der Waals surface area contributed by atoms with Crippen LogP contribution in [0.3, 0.4) is 0 Å². The first-order chi connectivity index (χ1) is 7.04. The lowest BCUT2D eigenvalue weighted by molar-refractivity contribution is 0.260. The average Bonchev–Trinajstić information content (AvgIpc) is 2.16. The fourth-order valence-electron chi connectivity index (χ4n) is 1.09. The van der Waals surface area contributed by atoms with Gasteiger partial charge in [-0.2, -0.15) is 0 Å². The van der Waals surface area contributed by atoms with Gasteiger partial charge >= 0.3 is 0 Å². The summed E-state index contributed by atoms with van der Waals surface area (Å²) in [6.45, 7) is 1.90. The van der Waals surface area contributed by atoms with E-state index in [-0.39, 0.29) is 5.84 Å². The summed E-state index contributed by atoms with van der Waals surface area (Å²) in [6.07, 6.45) is 0.227. The molecule has 0 fully saturated rings. The molecule has 0 aromatic heterocycles. The molecule has 0 amide bonds. The van der Waals surface area contributed by atoms with Crippen LogP contribution in [0, 0.1) is 5.41 Å². The van der Waals surface area contributed by atoms with Crippen LogP contribution in [0.15, 0.2) is 22.7 Å². The number of rotatable bonds is 4. The molecule has 0 saturated heterocycles. The van der Waals surface area contributed by atoms with E-state index in [2.05, 4.69) is 15.9 Å².